The predicted octanol–water partition coefficient (Wildman–Crippen LogP) is 3.46. The van der Waals surface area contributed by atoms with Crippen molar-refractivity contribution in [3.8, 4) is 11.1 Å². The lowest BCUT2D eigenvalue weighted by Gasteiger charge is -2.28. The Kier molecular flexibility index (Phi) is 3.39. The second-order valence-corrected chi connectivity index (χ2v) is 6.58. The molecule has 0 spiro atoms. The number of carboxylic acids is 1. The normalized spacial score (nSPS) is 16.1. The lowest BCUT2D eigenvalue weighted by Crippen LogP contribution is -2.24. The molecule has 0 fully saturated rings. The van der Waals surface area contributed by atoms with E-state index in [9.17, 15) is 14.7 Å². The first-order chi connectivity index (χ1) is 12.0. The molecule has 1 unspecified atom stereocenters. The molecule has 1 aliphatic heterocycles. The van der Waals surface area contributed by atoms with Gasteiger partial charge >= 0.3 is 5.97 Å². The number of nitrogens with two attached hydrogens (primary N) is 1. The minimum absolute atomic E-state index is 0.148. The Morgan fingerprint density at radius 2 is 1.92 bits per heavy atom. The summed E-state index contributed by atoms with van der Waals surface area (Å²) in [7, 11) is 0. The number of benzene rings is 2. The highest BCUT2D eigenvalue weighted by Gasteiger charge is 2.24. The number of nitrogens with zero attached hydrogens (tertiary/aromatic N) is 1. The summed E-state index contributed by atoms with van der Waals surface area (Å²) in [5.41, 5.74) is 9.95. The number of carbonyl (C=O) groups is 1. The SMILES string of the molecule is CC1CCc2c(-c3ccc(N)cc3)ccc3c(=O)c(C(=O)O)cn1c23. The Bertz CT molecular complexity index is 1060. The molecule has 0 saturated heterocycles. The Balaban J connectivity index is 2.09. The molecule has 5 nitrogen and oxygen atoms in total. The average Bonchev–Trinajstić information content (AvgIpc) is 2.60. The largest absolute Gasteiger partial charge is 0.477 e. The van der Waals surface area contributed by atoms with E-state index in [0.29, 0.717) is 11.1 Å². The molecule has 2 aromatic carbocycles. The van der Waals surface area contributed by atoms with Gasteiger partial charge in [-0.1, -0.05) is 18.2 Å². The zero-order chi connectivity index (χ0) is 17.7. The Morgan fingerprint density at radius 1 is 1.20 bits per heavy atom. The van der Waals surface area contributed by atoms with Gasteiger partial charge in [0.25, 0.3) is 0 Å². The first-order valence-electron chi connectivity index (χ1n) is 8.27. The molecule has 1 aliphatic rings. The van der Waals surface area contributed by atoms with Crippen LogP contribution in [0.3, 0.4) is 0 Å². The van der Waals surface area contributed by atoms with Gasteiger partial charge in [-0.05, 0) is 54.7 Å². The molecule has 5 heteroatoms. The molecule has 0 radical (unpaired) electrons. The summed E-state index contributed by atoms with van der Waals surface area (Å²) in [6.07, 6.45) is 3.24. The van der Waals surface area contributed by atoms with Gasteiger partial charge in [0.05, 0.1) is 5.52 Å². The van der Waals surface area contributed by atoms with Gasteiger partial charge in [-0.25, -0.2) is 4.79 Å². The predicted molar refractivity (Wildman–Crippen MR) is 98.0 cm³/mol. The summed E-state index contributed by atoms with van der Waals surface area (Å²) in [5, 5.41) is 9.82. The number of hydrogen-bond donors (Lipinski definition) is 2. The summed E-state index contributed by atoms with van der Waals surface area (Å²) in [6.45, 7) is 2.05. The fourth-order valence-corrected chi connectivity index (χ4v) is 3.70. The van der Waals surface area contributed by atoms with Crippen LogP contribution in [0, 0.1) is 0 Å². The zero-order valence-corrected chi connectivity index (χ0v) is 13.8. The van der Waals surface area contributed by atoms with Gasteiger partial charge in [0.15, 0.2) is 0 Å². The van der Waals surface area contributed by atoms with E-state index in [1.54, 1.807) is 6.07 Å². The van der Waals surface area contributed by atoms with E-state index < -0.39 is 11.4 Å². The van der Waals surface area contributed by atoms with Crippen molar-refractivity contribution in [2.75, 3.05) is 5.73 Å². The molecule has 0 amide bonds. The maximum atomic E-state index is 12.6. The number of rotatable bonds is 2. The fourth-order valence-electron chi connectivity index (χ4n) is 3.70. The number of aromatic carboxylic acids is 1. The van der Waals surface area contributed by atoms with E-state index in [4.69, 9.17) is 5.73 Å². The van der Waals surface area contributed by atoms with E-state index in [1.165, 1.54) is 6.20 Å². The summed E-state index contributed by atoms with van der Waals surface area (Å²) < 4.78 is 1.94. The molecule has 0 saturated carbocycles. The minimum Gasteiger partial charge on any atom is -0.477 e. The highest BCUT2D eigenvalue weighted by Crippen LogP contribution is 2.36. The van der Waals surface area contributed by atoms with Gasteiger partial charge in [0.1, 0.15) is 5.56 Å². The number of pyridine rings is 1. The van der Waals surface area contributed by atoms with Crippen LogP contribution in [-0.4, -0.2) is 15.6 Å². The van der Waals surface area contributed by atoms with Crippen molar-refractivity contribution in [2.24, 2.45) is 0 Å². The summed E-state index contributed by atoms with van der Waals surface area (Å²) >= 11 is 0. The van der Waals surface area contributed by atoms with Crippen LogP contribution in [-0.2, 0) is 6.42 Å². The van der Waals surface area contributed by atoms with Crippen molar-refractivity contribution < 1.29 is 9.90 Å². The Morgan fingerprint density at radius 3 is 2.60 bits per heavy atom. The lowest BCUT2D eigenvalue weighted by atomic mass is 9.89. The monoisotopic (exact) mass is 334 g/mol. The van der Waals surface area contributed by atoms with Crippen molar-refractivity contribution >= 4 is 22.6 Å². The van der Waals surface area contributed by atoms with Crippen LogP contribution in [0.5, 0.6) is 0 Å². The minimum atomic E-state index is -1.18. The lowest BCUT2D eigenvalue weighted by molar-refractivity contribution is 0.0694. The molecule has 0 aliphatic carbocycles. The molecule has 1 atom stereocenters. The first-order valence-corrected chi connectivity index (χ1v) is 8.27. The number of nitrogen functional groups attached to an aromatic ring is 1. The topological polar surface area (TPSA) is 85.3 Å². The van der Waals surface area contributed by atoms with Gasteiger partial charge in [-0.15, -0.1) is 0 Å². The van der Waals surface area contributed by atoms with Crippen molar-refractivity contribution in [1.29, 1.82) is 0 Å². The highest BCUT2D eigenvalue weighted by atomic mass is 16.4. The van der Waals surface area contributed by atoms with Crippen molar-refractivity contribution in [3.63, 3.8) is 0 Å². The average molecular weight is 334 g/mol. The Hall–Kier alpha value is -3.08. The maximum Gasteiger partial charge on any atom is 0.341 e. The van der Waals surface area contributed by atoms with E-state index in [2.05, 4.69) is 0 Å². The van der Waals surface area contributed by atoms with Crippen molar-refractivity contribution in [1.82, 2.24) is 4.57 Å². The van der Waals surface area contributed by atoms with E-state index in [-0.39, 0.29) is 11.6 Å². The molecule has 4 rings (SSSR count). The number of aromatic nitrogens is 1. The van der Waals surface area contributed by atoms with Gasteiger partial charge in [-0.2, -0.15) is 0 Å². The molecule has 25 heavy (non-hydrogen) atoms. The number of carboxylic acid groups (broad SMARTS) is 1. The number of hydrogen-bond acceptors (Lipinski definition) is 3. The molecule has 3 N–H and O–H groups in total. The molecular formula is C20H18N2O3. The van der Waals surface area contributed by atoms with Crippen molar-refractivity contribution in [3.05, 3.63) is 63.9 Å². The molecule has 1 aromatic heterocycles. The van der Waals surface area contributed by atoms with Crippen LogP contribution < -0.4 is 11.2 Å². The van der Waals surface area contributed by atoms with Gasteiger partial charge in [0, 0.05) is 23.3 Å². The summed E-state index contributed by atoms with van der Waals surface area (Å²) in [4.78, 5) is 24.0. The van der Waals surface area contributed by atoms with Crippen LogP contribution in [0.2, 0.25) is 0 Å². The summed E-state index contributed by atoms with van der Waals surface area (Å²) in [5.74, 6) is -1.18. The quantitative estimate of drug-likeness (QED) is 0.703. The van der Waals surface area contributed by atoms with Crippen LogP contribution in [0.25, 0.3) is 22.0 Å². The van der Waals surface area contributed by atoms with Gasteiger partial charge in [-0.3, -0.25) is 4.79 Å². The molecule has 2 heterocycles. The molecule has 3 aromatic rings. The highest BCUT2D eigenvalue weighted by molar-refractivity contribution is 5.96. The van der Waals surface area contributed by atoms with Crippen LogP contribution in [0.15, 0.2) is 47.4 Å². The third-order valence-corrected chi connectivity index (χ3v) is 5.04. The van der Waals surface area contributed by atoms with Crippen LogP contribution in [0.4, 0.5) is 5.69 Å². The third-order valence-electron chi connectivity index (χ3n) is 5.04. The molecule has 0 bridgehead atoms. The first kappa shape index (κ1) is 15.4. The second-order valence-electron chi connectivity index (χ2n) is 6.58. The third kappa shape index (κ3) is 2.31. The number of aryl methyl sites for hydroxylation is 1. The van der Waals surface area contributed by atoms with E-state index in [1.807, 2.05) is 41.8 Å². The standard InChI is InChI=1S/C20H18N2O3/c1-11-2-7-15-14(12-3-5-13(21)6-4-12)8-9-16-18(15)22(11)10-17(19(16)23)20(24)25/h3-6,8-11H,2,7,21H2,1H3,(H,24,25). The molecular weight excluding hydrogens is 316 g/mol. The van der Waals surface area contributed by atoms with Crippen molar-refractivity contribution in [2.45, 2.75) is 25.8 Å². The van der Waals surface area contributed by atoms with Crippen LogP contribution >= 0.6 is 0 Å². The van der Waals surface area contributed by atoms with E-state index >= 15 is 0 Å². The van der Waals surface area contributed by atoms with E-state index in [0.717, 1.165) is 35.0 Å². The zero-order valence-electron chi connectivity index (χ0n) is 13.8. The van der Waals surface area contributed by atoms with Gasteiger partial charge in [0.2, 0.25) is 5.43 Å². The Labute approximate surface area is 144 Å². The second kappa shape index (κ2) is 5.48. The molecule has 126 valence electrons. The number of anilines is 1. The van der Waals surface area contributed by atoms with Gasteiger partial charge < -0.3 is 15.4 Å². The summed E-state index contributed by atoms with van der Waals surface area (Å²) in [6, 6.07) is 11.5. The smallest absolute Gasteiger partial charge is 0.341 e. The van der Waals surface area contributed by atoms with Crippen LogP contribution in [0.1, 0.15) is 35.3 Å². The maximum absolute atomic E-state index is 12.6. The fraction of sp³-hybridized carbons (Fsp3) is 0.200.